The van der Waals surface area contributed by atoms with Crippen molar-refractivity contribution < 1.29 is 34.4 Å². The Labute approximate surface area is 201 Å². The quantitative estimate of drug-likeness (QED) is 0.400. The van der Waals surface area contributed by atoms with E-state index in [1.165, 1.54) is 0 Å². The van der Waals surface area contributed by atoms with Gasteiger partial charge in [-0.25, -0.2) is 9.59 Å². The normalized spacial score (nSPS) is 37.4. The zero-order valence-corrected chi connectivity index (χ0v) is 19.6. The summed E-state index contributed by atoms with van der Waals surface area (Å²) in [7, 11) is 0. The van der Waals surface area contributed by atoms with Crippen molar-refractivity contribution in [2.24, 2.45) is 33.4 Å². The van der Waals surface area contributed by atoms with Crippen molar-refractivity contribution in [2.45, 2.75) is 57.7 Å². The van der Waals surface area contributed by atoms with Gasteiger partial charge in [0.15, 0.2) is 5.75 Å². The molecule has 1 spiro atoms. The number of nitrogens with one attached hydrogen (secondary N) is 1. The van der Waals surface area contributed by atoms with Crippen molar-refractivity contribution in [3.05, 3.63) is 29.8 Å². The van der Waals surface area contributed by atoms with Crippen LogP contribution in [0.4, 0.5) is 10.5 Å². The lowest BCUT2D eigenvalue weighted by Gasteiger charge is -2.56. The molecule has 186 valence electrons. The lowest BCUT2D eigenvalue weighted by molar-refractivity contribution is -0.145. The molecule has 35 heavy (non-hydrogen) atoms. The van der Waals surface area contributed by atoms with Gasteiger partial charge in [0.05, 0.1) is 17.4 Å². The molecule has 10 nitrogen and oxygen atoms in total. The molecular weight excluding hydrogens is 454 g/mol. The number of carbonyl (C=O) groups is 3. The fourth-order valence-electron chi connectivity index (χ4n) is 7.39. The maximum atomic E-state index is 12.9. The van der Waals surface area contributed by atoms with E-state index in [4.69, 9.17) is 10.5 Å². The number of allylic oxidation sites excluding steroid dienone is 2. The molecule has 2 saturated heterocycles. The molecule has 3 amide bonds. The molecule has 2 heterocycles. The second-order valence-electron chi connectivity index (χ2n) is 10.8. The summed E-state index contributed by atoms with van der Waals surface area (Å²) < 4.78 is 6.49. The molecule has 1 aromatic carbocycles. The summed E-state index contributed by atoms with van der Waals surface area (Å²) >= 11 is 0. The SMILES string of the molecule is C[C@]12C[C@@]34C=CC(=NC(N)=O)[C@@](C)(CCC(=O)Nc5c(O)ccc(C(=O)O)c5O)[C@@H]3[C@H](C[C@@H]1C4)O2. The first-order valence-electron chi connectivity index (χ1n) is 11.7. The van der Waals surface area contributed by atoms with Crippen molar-refractivity contribution >= 4 is 29.3 Å². The summed E-state index contributed by atoms with van der Waals surface area (Å²) in [6.45, 7) is 4.15. The van der Waals surface area contributed by atoms with Gasteiger partial charge in [0.25, 0.3) is 0 Å². The summed E-state index contributed by atoms with van der Waals surface area (Å²) in [5, 5.41) is 32.0. The smallest absolute Gasteiger partial charge is 0.339 e. The van der Waals surface area contributed by atoms with Gasteiger partial charge < -0.3 is 31.1 Å². The molecule has 0 aromatic heterocycles. The number of aromatic carboxylic acids is 1. The van der Waals surface area contributed by atoms with E-state index in [0.29, 0.717) is 18.1 Å². The Balaban J connectivity index is 1.42. The number of carboxylic acids is 1. The predicted molar refractivity (Wildman–Crippen MR) is 125 cm³/mol. The first-order valence-corrected chi connectivity index (χ1v) is 11.7. The van der Waals surface area contributed by atoms with E-state index in [0.717, 1.165) is 31.4 Å². The van der Waals surface area contributed by atoms with Crippen molar-refractivity contribution in [1.29, 1.82) is 0 Å². The van der Waals surface area contributed by atoms with Gasteiger partial charge in [-0.2, -0.15) is 4.99 Å². The number of carboxylic acid groups (broad SMARTS) is 1. The Morgan fingerprint density at radius 3 is 2.66 bits per heavy atom. The first-order chi connectivity index (χ1) is 16.4. The largest absolute Gasteiger partial charge is 0.506 e. The topological polar surface area (TPSA) is 172 Å². The van der Waals surface area contributed by atoms with Gasteiger partial charge in [-0.3, -0.25) is 4.79 Å². The van der Waals surface area contributed by atoms with Gasteiger partial charge in [-0.1, -0.05) is 13.0 Å². The number of primary amides is 1. The molecule has 0 unspecified atom stereocenters. The van der Waals surface area contributed by atoms with E-state index >= 15 is 0 Å². The average molecular weight is 484 g/mol. The highest BCUT2D eigenvalue weighted by molar-refractivity contribution is 6.07. The number of aromatic hydroxyl groups is 2. The lowest BCUT2D eigenvalue weighted by Crippen LogP contribution is -2.56. The number of nitrogens with zero attached hydrogens (tertiary/aromatic N) is 1. The van der Waals surface area contributed by atoms with Crippen molar-refractivity contribution in [1.82, 2.24) is 0 Å². The number of ether oxygens (including phenoxy) is 1. The van der Waals surface area contributed by atoms with E-state index in [1.54, 1.807) is 0 Å². The fourth-order valence-corrected chi connectivity index (χ4v) is 7.39. The monoisotopic (exact) mass is 483 g/mol. The van der Waals surface area contributed by atoms with Crippen LogP contribution in [0.25, 0.3) is 0 Å². The van der Waals surface area contributed by atoms with Crippen molar-refractivity contribution in [2.75, 3.05) is 5.32 Å². The van der Waals surface area contributed by atoms with Gasteiger partial charge >= 0.3 is 12.0 Å². The first kappa shape index (κ1) is 23.3. The van der Waals surface area contributed by atoms with Crippen LogP contribution in [0.5, 0.6) is 11.5 Å². The van der Waals surface area contributed by atoms with E-state index < -0.39 is 40.4 Å². The number of aliphatic imine (C=N–C) groups is 1. The number of urea groups is 1. The van der Waals surface area contributed by atoms with Crippen LogP contribution in [0.3, 0.4) is 0 Å². The number of carbonyl (C=O) groups excluding carboxylic acids is 2. The molecule has 4 bridgehead atoms. The molecule has 0 radical (unpaired) electrons. The minimum absolute atomic E-state index is 0.00914. The number of amides is 3. The Bertz CT molecular complexity index is 1210. The van der Waals surface area contributed by atoms with Crippen LogP contribution in [0.2, 0.25) is 0 Å². The predicted octanol–water partition coefficient (Wildman–Crippen LogP) is 3.18. The third-order valence-electron chi connectivity index (χ3n) is 8.70. The molecule has 4 fully saturated rings. The number of phenolic OH excluding ortho intramolecular Hbond substituents is 1. The number of hydrogen-bond acceptors (Lipinski definition) is 6. The highest BCUT2D eigenvalue weighted by Gasteiger charge is 2.71. The lowest BCUT2D eigenvalue weighted by atomic mass is 9.51. The van der Waals surface area contributed by atoms with E-state index in [1.807, 2.05) is 13.0 Å². The van der Waals surface area contributed by atoms with Gasteiger partial charge in [0, 0.05) is 17.8 Å². The molecule has 6 rings (SSSR count). The van der Waals surface area contributed by atoms with Crippen LogP contribution in [0.1, 0.15) is 56.3 Å². The molecule has 3 aliphatic carbocycles. The third-order valence-corrected chi connectivity index (χ3v) is 8.70. The van der Waals surface area contributed by atoms with Gasteiger partial charge in [-0.15, -0.1) is 0 Å². The number of hydrogen-bond donors (Lipinski definition) is 5. The van der Waals surface area contributed by atoms with Crippen LogP contribution < -0.4 is 11.1 Å². The second-order valence-corrected chi connectivity index (χ2v) is 10.8. The Kier molecular flexibility index (Phi) is 5.03. The number of anilines is 1. The molecule has 10 heteroatoms. The summed E-state index contributed by atoms with van der Waals surface area (Å²) in [5.74, 6) is -2.61. The summed E-state index contributed by atoms with van der Waals surface area (Å²) in [6.07, 6.45) is 7.05. The van der Waals surface area contributed by atoms with Gasteiger partial charge in [-0.05, 0) is 62.1 Å². The maximum Gasteiger partial charge on any atom is 0.339 e. The van der Waals surface area contributed by atoms with Crippen molar-refractivity contribution in [3.63, 3.8) is 0 Å². The average Bonchev–Trinajstić information content (AvgIpc) is 3.12. The molecule has 6 N–H and O–H groups in total. The Morgan fingerprint density at radius 1 is 1.26 bits per heavy atom. The number of phenols is 2. The Morgan fingerprint density at radius 2 is 2.00 bits per heavy atom. The third kappa shape index (κ3) is 3.42. The van der Waals surface area contributed by atoms with Crippen molar-refractivity contribution in [3.8, 4) is 11.5 Å². The van der Waals surface area contributed by atoms with Gasteiger partial charge in [0.2, 0.25) is 5.91 Å². The van der Waals surface area contributed by atoms with Crippen LogP contribution in [-0.4, -0.2) is 50.6 Å². The molecule has 2 saturated carbocycles. The standard InChI is InChI=1S/C25H29N3O7/c1-23(7-6-17(30)28-18-14(29)4-3-13(19(18)31)21(32)33)16(27-22(26)34)5-8-25-10-12-9-15(20(23)25)35-24(12,2)11-25/h3-5,8,12,15,20,29,31H,6-7,9-11H2,1-2H3,(H2,26,34)(H,28,30)(H,32,33)/t12-,15+,20+,23-,24+,25+/m1/s1. The zero-order valence-electron chi connectivity index (χ0n) is 19.6. The fraction of sp³-hybridized carbons (Fsp3) is 0.520. The van der Waals surface area contributed by atoms with Gasteiger partial charge in [0.1, 0.15) is 17.0 Å². The minimum atomic E-state index is -1.39. The molecule has 5 aliphatic rings. The molecular formula is C25H29N3O7. The zero-order chi connectivity index (χ0) is 25.3. The van der Waals surface area contributed by atoms with Crippen LogP contribution >= 0.6 is 0 Å². The highest BCUT2D eigenvalue weighted by atomic mass is 16.5. The Hall–Kier alpha value is -3.40. The summed E-state index contributed by atoms with van der Waals surface area (Å²) in [6, 6.07) is 1.33. The number of rotatable bonds is 5. The molecule has 6 atom stereocenters. The second kappa shape index (κ2) is 7.55. The number of nitrogens with two attached hydrogens (primary N) is 1. The highest BCUT2D eigenvalue weighted by Crippen LogP contribution is 2.71. The molecule has 1 aromatic rings. The minimum Gasteiger partial charge on any atom is -0.506 e. The molecule has 2 aliphatic heterocycles. The van der Waals surface area contributed by atoms with E-state index in [2.05, 4.69) is 23.3 Å². The number of benzene rings is 1. The van der Waals surface area contributed by atoms with E-state index in [9.17, 15) is 29.7 Å². The summed E-state index contributed by atoms with van der Waals surface area (Å²) in [4.78, 5) is 40.0. The van der Waals surface area contributed by atoms with E-state index in [-0.39, 0.29) is 35.1 Å². The maximum absolute atomic E-state index is 12.9. The van der Waals surface area contributed by atoms with Crippen LogP contribution in [0.15, 0.2) is 29.3 Å². The van der Waals surface area contributed by atoms with Crippen LogP contribution in [-0.2, 0) is 9.53 Å². The summed E-state index contributed by atoms with van der Waals surface area (Å²) in [5.41, 5.74) is 4.17. The van der Waals surface area contributed by atoms with Crippen LogP contribution in [0, 0.1) is 22.7 Å².